The van der Waals surface area contributed by atoms with Crippen LogP contribution in [0.4, 0.5) is 5.69 Å². The van der Waals surface area contributed by atoms with E-state index < -0.39 is 16.9 Å². The lowest BCUT2D eigenvalue weighted by atomic mass is 10.2. The van der Waals surface area contributed by atoms with Gasteiger partial charge < -0.3 is 18.2 Å². The quantitative estimate of drug-likeness (QED) is 0.489. The molecule has 0 bridgehead atoms. The number of hydrogen-bond donors (Lipinski definition) is 0. The van der Waals surface area contributed by atoms with Gasteiger partial charge >= 0.3 is 14.5 Å². The summed E-state index contributed by atoms with van der Waals surface area (Å²) < 4.78 is 17.3. The molecular weight excluding hydrogens is 362 g/mol. The van der Waals surface area contributed by atoms with Gasteiger partial charge in [-0.05, 0) is 57.2 Å². The van der Waals surface area contributed by atoms with Crippen molar-refractivity contribution >= 4 is 28.5 Å². The number of para-hydroxylation sites is 1. The fourth-order valence-corrected chi connectivity index (χ4v) is 5.26. The first-order chi connectivity index (χ1) is 12.2. The molecule has 0 aromatic heterocycles. The van der Waals surface area contributed by atoms with Gasteiger partial charge in [-0.25, -0.2) is 0 Å². The van der Waals surface area contributed by atoms with E-state index >= 15 is 0 Å². The number of carbonyl (C=O) groups excluding carboxylic acids is 1. The Morgan fingerprint density at radius 2 is 1.77 bits per heavy atom. The van der Waals surface area contributed by atoms with Crippen LogP contribution in [0.15, 0.2) is 30.3 Å². The third kappa shape index (κ3) is 8.98. The smallest absolute Gasteiger partial charge is 0.334 e. The van der Waals surface area contributed by atoms with E-state index in [-0.39, 0.29) is 12.5 Å². The Bertz CT molecular complexity index is 536. The lowest BCUT2D eigenvalue weighted by Crippen LogP contribution is -2.40. The van der Waals surface area contributed by atoms with Gasteiger partial charge in [-0.15, -0.1) is 0 Å². The number of carbonyl (C=O) groups is 1. The third-order valence-electron chi connectivity index (χ3n) is 3.96. The van der Waals surface area contributed by atoms with Crippen LogP contribution in [0.5, 0.6) is 0 Å². The number of anilines is 1. The highest BCUT2D eigenvalue weighted by Crippen LogP contribution is 2.19. The second kappa shape index (κ2) is 10.9. The zero-order valence-electron chi connectivity index (χ0n) is 17.2. The van der Waals surface area contributed by atoms with Crippen molar-refractivity contribution in [2.75, 3.05) is 31.7 Å². The molecule has 0 aliphatic heterocycles. The van der Waals surface area contributed by atoms with Gasteiger partial charge in [0.05, 0.1) is 0 Å². The van der Waals surface area contributed by atoms with Gasteiger partial charge in [0.2, 0.25) is 8.32 Å². The van der Waals surface area contributed by atoms with Gasteiger partial charge in [-0.3, -0.25) is 4.79 Å². The van der Waals surface area contributed by atoms with Crippen molar-refractivity contribution in [3.63, 3.8) is 0 Å². The Kier molecular flexibility index (Phi) is 9.56. The molecule has 1 rings (SSSR count). The maximum absolute atomic E-state index is 12.3. The highest BCUT2D eigenvalue weighted by molar-refractivity contribution is 6.71. The fourth-order valence-electron chi connectivity index (χ4n) is 2.61. The van der Waals surface area contributed by atoms with Gasteiger partial charge in [-0.1, -0.05) is 25.1 Å². The van der Waals surface area contributed by atoms with Crippen molar-refractivity contribution in [2.24, 2.45) is 0 Å². The molecule has 1 aromatic rings. The minimum atomic E-state index is -2.13. The summed E-state index contributed by atoms with van der Waals surface area (Å²) in [6.07, 6.45) is 1.90. The zero-order chi connectivity index (χ0) is 19.6. The number of hydrogen-bond acceptors (Lipinski definition) is 5. The maximum atomic E-state index is 12.3. The molecule has 26 heavy (non-hydrogen) atoms. The van der Waals surface area contributed by atoms with E-state index in [1.807, 2.05) is 50.0 Å². The number of benzene rings is 1. The van der Waals surface area contributed by atoms with Crippen LogP contribution in [0.2, 0.25) is 32.2 Å². The summed E-state index contributed by atoms with van der Waals surface area (Å²) in [5, 5.41) is 0. The molecule has 0 aliphatic rings. The van der Waals surface area contributed by atoms with Crippen molar-refractivity contribution in [3.8, 4) is 0 Å². The van der Waals surface area contributed by atoms with Crippen LogP contribution in [0.25, 0.3) is 0 Å². The summed E-state index contributed by atoms with van der Waals surface area (Å²) in [5.41, 5.74) is 1.04. The summed E-state index contributed by atoms with van der Waals surface area (Å²) in [6, 6.07) is 10.9. The van der Waals surface area contributed by atoms with Crippen LogP contribution in [-0.4, -0.2) is 49.7 Å². The molecule has 0 spiro atoms. The Morgan fingerprint density at radius 1 is 1.12 bits per heavy atom. The van der Waals surface area contributed by atoms with Crippen LogP contribution in [-0.2, 0) is 18.1 Å². The standard InChI is InChI=1S/C19H35NO4Si2/c1-7-15-23-26(6,22-2)16-11-14-20(18-12-9-8-10-13-18)17-19(21)24-25(3,4)5/h8-10,12-13H,7,11,14-17H2,1-6H3. The average molecular weight is 398 g/mol. The molecule has 0 radical (unpaired) electrons. The first kappa shape index (κ1) is 22.9. The SMILES string of the molecule is CCCO[Si](C)(CCCN(CC(=O)O[Si](C)(C)C)c1ccccc1)OC. The van der Waals surface area contributed by atoms with E-state index in [0.717, 1.165) is 37.7 Å². The van der Waals surface area contributed by atoms with Gasteiger partial charge in [-0.2, -0.15) is 0 Å². The van der Waals surface area contributed by atoms with Crippen molar-refractivity contribution in [1.82, 2.24) is 0 Å². The molecule has 7 heteroatoms. The van der Waals surface area contributed by atoms with Gasteiger partial charge in [0.15, 0.2) is 0 Å². The van der Waals surface area contributed by atoms with Crippen LogP contribution < -0.4 is 4.90 Å². The van der Waals surface area contributed by atoms with E-state index in [2.05, 4.69) is 18.4 Å². The molecule has 5 nitrogen and oxygen atoms in total. The molecule has 1 unspecified atom stereocenters. The lowest BCUT2D eigenvalue weighted by molar-refractivity contribution is -0.133. The molecule has 0 saturated heterocycles. The first-order valence-corrected chi connectivity index (χ1v) is 15.3. The summed E-state index contributed by atoms with van der Waals surface area (Å²) in [7, 11) is -2.27. The molecule has 0 saturated carbocycles. The van der Waals surface area contributed by atoms with Gasteiger partial charge in [0.25, 0.3) is 0 Å². The van der Waals surface area contributed by atoms with E-state index in [4.69, 9.17) is 13.3 Å². The molecule has 0 aliphatic carbocycles. The zero-order valence-corrected chi connectivity index (χ0v) is 19.2. The molecule has 0 N–H and O–H groups in total. The van der Waals surface area contributed by atoms with E-state index in [0.29, 0.717) is 0 Å². The second-order valence-corrected chi connectivity index (χ2v) is 15.5. The van der Waals surface area contributed by atoms with Crippen molar-refractivity contribution in [2.45, 2.75) is 52.0 Å². The molecule has 0 heterocycles. The molecule has 0 amide bonds. The molecule has 0 fully saturated rings. The van der Waals surface area contributed by atoms with Crippen LogP contribution >= 0.6 is 0 Å². The third-order valence-corrected chi connectivity index (χ3v) is 7.74. The molecule has 148 valence electrons. The van der Waals surface area contributed by atoms with Gasteiger partial charge in [0, 0.05) is 25.9 Å². The Hall–Kier alpha value is -1.16. The molecule has 1 atom stereocenters. The highest BCUT2D eigenvalue weighted by Gasteiger charge is 2.30. The predicted octanol–water partition coefficient (Wildman–Crippen LogP) is 4.41. The Morgan fingerprint density at radius 3 is 2.31 bits per heavy atom. The summed E-state index contributed by atoms with van der Waals surface area (Å²) >= 11 is 0. The summed E-state index contributed by atoms with van der Waals surface area (Å²) in [4.78, 5) is 14.4. The van der Waals surface area contributed by atoms with Crippen LogP contribution in [0, 0.1) is 0 Å². The minimum Gasteiger partial charge on any atom is -0.519 e. The van der Waals surface area contributed by atoms with Gasteiger partial charge in [0.1, 0.15) is 6.54 Å². The van der Waals surface area contributed by atoms with Crippen molar-refractivity contribution in [3.05, 3.63) is 30.3 Å². The Labute approximate surface area is 161 Å². The summed E-state index contributed by atoms with van der Waals surface area (Å²) in [6.45, 7) is 12.1. The van der Waals surface area contributed by atoms with Crippen LogP contribution in [0.1, 0.15) is 19.8 Å². The molecular formula is C19H35NO4Si2. The monoisotopic (exact) mass is 397 g/mol. The second-order valence-electron chi connectivity index (χ2n) is 7.63. The average Bonchev–Trinajstić information content (AvgIpc) is 2.58. The van der Waals surface area contributed by atoms with E-state index in [1.165, 1.54) is 0 Å². The van der Waals surface area contributed by atoms with Crippen molar-refractivity contribution < 1.29 is 18.1 Å². The van der Waals surface area contributed by atoms with E-state index in [9.17, 15) is 4.79 Å². The lowest BCUT2D eigenvalue weighted by Gasteiger charge is -2.29. The maximum Gasteiger partial charge on any atom is 0.334 e. The normalized spacial score (nSPS) is 13.9. The van der Waals surface area contributed by atoms with Crippen LogP contribution in [0.3, 0.4) is 0 Å². The number of rotatable bonds is 12. The van der Waals surface area contributed by atoms with Crippen molar-refractivity contribution in [1.29, 1.82) is 0 Å². The first-order valence-electron chi connectivity index (χ1n) is 9.40. The molecule has 1 aromatic carbocycles. The summed E-state index contributed by atoms with van der Waals surface area (Å²) in [5.74, 6) is -0.151. The Balaban J connectivity index is 2.70. The van der Waals surface area contributed by atoms with E-state index in [1.54, 1.807) is 7.11 Å². The predicted molar refractivity (Wildman–Crippen MR) is 112 cm³/mol. The topological polar surface area (TPSA) is 48.0 Å². The number of nitrogens with zero attached hydrogens (tertiary/aromatic N) is 1. The minimum absolute atomic E-state index is 0.151. The fraction of sp³-hybridized carbons (Fsp3) is 0.632. The largest absolute Gasteiger partial charge is 0.519 e. The highest BCUT2D eigenvalue weighted by atomic mass is 28.4.